The topological polar surface area (TPSA) is 79.9 Å². The number of anilines is 1. The van der Waals surface area contributed by atoms with Crippen molar-refractivity contribution < 1.29 is 9.84 Å². The number of hydrogen-bond donors (Lipinski definition) is 3. The van der Waals surface area contributed by atoms with Gasteiger partial charge in [-0.1, -0.05) is 43.5 Å². The lowest BCUT2D eigenvalue weighted by Gasteiger charge is -2.30. The molecule has 1 aliphatic rings. The molecule has 1 saturated carbocycles. The first-order valence-corrected chi connectivity index (χ1v) is 8.75. The lowest BCUT2D eigenvalue weighted by Crippen LogP contribution is -2.36. The van der Waals surface area contributed by atoms with Crippen molar-refractivity contribution in [1.82, 2.24) is 0 Å². The molecule has 25 heavy (non-hydrogen) atoms. The number of benzene rings is 2. The maximum atomic E-state index is 10.5. The van der Waals surface area contributed by atoms with Crippen LogP contribution in [0.3, 0.4) is 0 Å². The fourth-order valence-electron chi connectivity index (χ4n) is 3.05. The summed E-state index contributed by atoms with van der Waals surface area (Å²) in [6.07, 6.45) is 4.89. The lowest BCUT2D eigenvalue weighted by molar-refractivity contribution is 0.0132. The van der Waals surface area contributed by atoms with Crippen molar-refractivity contribution in [2.45, 2.75) is 37.7 Å². The Labute approximate surface area is 148 Å². The van der Waals surface area contributed by atoms with Gasteiger partial charge in [-0.15, -0.1) is 0 Å². The largest absolute Gasteiger partial charge is 0.457 e. The molecular weight excluding hydrogens is 314 g/mol. The van der Waals surface area contributed by atoms with Crippen molar-refractivity contribution in [2.24, 2.45) is 10.7 Å². The molecule has 2 aromatic carbocycles. The molecule has 1 fully saturated rings. The zero-order valence-electron chi connectivity index (χ0n) is 14.3. The number of para-hydroxylation sites is 1. The first-order chi connectivity index (χ1) is 12.1. The van der Waals surface area contributed by atoms with Crippen molar-refractivity contribution in [2.75, 3.05) is 11.9 Å². The van der Waals surface area contributed by atoms with E-state index in [9.17, 15) is 5.11 Å². The van der Waals surface area contributed by atoms with Crippen LogP contribution in [0.2, 0.25) is 0 Å². The van der Waals surface area contributed by atoms with Gasteiger partial charge in [0.05, 0.1) is 12.1 Å². The molecule has 0 atom stereocenters. The summed E-state index contributed by atoms with van der Waals surface area (Å²) < 4.78 is 5.81. The molecule has 0 heterocycles. The van der Waals surface area contributed by atoms with Gasteiger partial charge < -0.3 is 20.9 Å². The number of nitrogens with zero attached hydrogens (tertiary/aromatic N) is 1. The summed E-state index contributed by atoms with van der Waals surface area (Å²) in [6.45, 7) is 0.339. The van der Waals surface area contributed by atoms with Gasteiger partial charge in [0.1, 0.15) is 11.5 Å². The summed E-state index contributed by atoms with van der Waals surface area (Å²) in [7, 11) is 0. The molecule has 0 saturated heterocycles. The molecule has 0 bridgehead atoms. The van der Waals surface area contributed by atoms with E-state index in [1.807, 2.05) is 54.6 Å². The number of aliphatic imine (C=N–C) groups is 1. The monoisotopic (exact) mass is 339 g/mol. The molecule has 1 aliphatic carbocycles. The van der Waals surface area contributed by atoms with Gasteiger partial charge in [0, 0.05) is 11.8 Å². The van der Waals surface area contributed by atoms with Crippen LogP contribution in [0.25, 0.3) is 0 Å². The van der Waals surface area contributed by atoms with Gasteiger partial charge in [-0.05, 0) is 37.1 Å². The van der Waals surface area contributed by atoms with Gasteiger partial charge >= 0.3 is 0 Å². The first-order valence-electron chi connectivity index (χ1n) is 8.75. The third kappa shape index (κ3) is 5.22. The predicted molar refractivity (Wildman–Crippen MR) is 101 cm³/mol. The second-order valence-corrected chi connectivity index (χ2v) is 6.55. The Morgan fingerprint density at radius 1 is 1.04 bits per heavy atom. The van der Waals surface area contributed by atoms with E-state index < -0.39 is 5.60 Å². The van der Waals surface area contributed by atoms with E-state index in [1.165, 1.54) is 6.42 Å². The fourth-order valence-corrected chi connectivity index (χ4v) is 3.05. The number of nitrogens with two attached hydrogens (primary N) is 1. The maximum Gasteiger partial charge on any atom is 0.193 e. The van der Waals surface area contributed by atoms with Gasteiger partial charge in [-0.2, -0.15) is 0 Å². The van der Waals surface area contributed by atoms with Gasteiger partial charge in [-0.3, -0.25) is 4.99 Å². The Bertz CT molecular complexity index is 710. The number of aliphatic hydroxyl groups is 1. The molecule has 0 aromatic heterocycles. The van der Waals surface area contributed by atoms with Crippen LogP contribution in [0.4, 0.5) is 5.69 Å². The lowest BCUT2D eigenvalue weighted by atomic mass is 9.85. The molecule has 0 amide bonds. The second kappa shape index (κ2) is 8.03. The average Bonchev–Trinajstić information content (AvgIpc) is 2.62. The molecule has 0 spiro atoms. The van der Waals surface area contributed by atoms with Crippen molar-refractivity contribution in [3.63, 3.8) is 0 Å². The minimum absolute atomic E-state index is 0.302. The van der Waals surface area contributed by atoms with Crippen molar-refractivity contribution >= 4 is 11.6 Å². The number of guanidine groups is 1. The standard InChI is InChI=1S/C20H25N3O2/c21-19(22-15-20(24)12-5-2-6-13-20)23-16-8-7-11-18(14-16)25-17-9-3-1-4-10-17/h1,3-4,7-11,14,24H,2,5-6,12-13,15H2,(H3,21,22,23). The highest BCUT2D eigenvalue weighted by molar-refractivity contribution is 5.92. The van der Waals surface area contributed by atoms with Crippen molar-refractivity contribution in [1.29, 1.82) is 0 Å². The van der Waals surface area contributed by atoms with Gasteiger partial charge in [-0.25, -0.2) is 0 Å². The van der Waals surface area contributed by atoms with Crippen LogP contribution in [0, 0.1) is 0 Å². The SMILES string of the molecule is NC(=NCC1(O)CCCCC1)Nc1cccc(Oc2ccccc2)c1. The van der Waals surface area contributed by atoms with Crippen LogP contribution < -0.4 is 15.8 Å². The molecular formula is C20H25N3O2. The Morgan fingerprint density at radius 2 is 1.76 bits per heavy atom. The minimum Gasteiger partial charge on any atom is -0.457 e. The number of ether oxygens (including phenoxy) is 1. The summed E-state index contributed by atoms with van der Waals surface area (Å²) in [6, 6.07) is 17.2. The average molecular weight is 339 g/mol. The molecule has 5 heteroatoms. The smallest absolute Gasteiger partial charge is 0.193 e. The van der Waals surface area contributed by atoms with Gasteiger partial charge in [0.25, 0.3) is 0 Å². The highest BCUT2D eigenvalue weighted by Crippen LogP contribution is 2.28. The molecule has 4 N–H and O–H groups in total. The highest BCUT2D eigenvalue weighted by atomic mass is 16.5. The molecule has 0 radical (unpaired) electrons. The van der Waals surface area contributed by atoms with Crippen LogP contribution in [0.5, 0.6) is 11.5 Å². The zero-order chi connectivity index (χ0) is 17.5. The summed E-state index contributed by atoms with van der Waals surface area (Å²) in [5.74, 6) is 1.80. The van der Waals surface area contributed by atoms with Gasteiger partial charge in [0.2, 0.25) is 0 Å². The quantitative estimate of drug-likeness (QED) is 0.570. The third-order valence-corrected chi connectivity index (χ3v) is 4.41. The Balaban J connectivity index is 1.60. The van der Waals surface area contributed by atoms with E-state index in [4.69, 9.17) is 10.5 Å². The van der Waals surface area contributed by atoms with E-state index >= 15 is 0 Å². The molecule has 3 rings (SSSR count). The molecule has 0 aliphatic heterocycles. The summed E-state index contributed by atoms with van der Waals surface area (Å²) >= 11 is 0. The van der Waals surface area contributed by atoms with E-state index in [0.29, 0.717) is 12.5 Å². The van der Waals surface area contributed by atoms with Crippen LogP contribution in [-0.2, 0) is 0 Å². The fraction of sp³-hybridized carbons (Fsp3) is 0.350. The van der Waals surface area contributed by atoms with Crippen LogP contribution in [0.1, 0.15) is 32.1 Å². The second-order valence-electron chi connectivity index (χ2n) is 6.55. The van der Waals surface area contributed by atoms with Crippen LogP contribution >= 0.6 is 0 Å². The Kier molecular flexibility index (Phi) is 5.56. The Hall–Kier alpha value is -2.53. The van der Waals surface area contributed by atoms with Gasteiger partial charge in [0.15, 0.2) is 5.96 Å². The van der Waals surface area contributed by atoms with E-state index in [1.54, 1.807) is 0 Å². The van der Waals surface area contributed by atoms with Crippen molar-refractivity contribution in [3.8, 4) is 11.5 Å². The van der Waals surface area contributed by atoms with E-state index in [2.05, 4.69) is 10.3 Å². The summed E-state index contributed by atoms with van der Waals surface area (Å²) in [4.78, 5) is 4.32. The highest BCUT2D eigenvalue weighted by Gasteiger charge is 2.28. The first kappa shape index (κ1) is 17.3. The third-order valence-electron chi connectivity index (χ3n) is 4.41. The van der Waals surface area contributed by atoms with Crippen LogP contribution in [-0.4, -0.2) is 23.2 Å². The number of nitrogens with one attached hydrogen (secondary N) is 1. The van der Waals surface area contributed by atoms with E-state index in [-0.39, 0.29) is 0 Å². The number of hydrogen-bond acceptors (Lipinski definition) is 3. The number of rotatable bonds is 5. The summed E-state index contributed by atoms with van der Waals surface area (Å²) in [5.41, 5.74) is 6.06. The Morgan fingerprint density at radius 3 is 2.52 bits per heavy atom. The summed E-state index contributed by atoms with van der Waals surface area (Å²) in [5, 5.41) is 13.5. The minimum atomic E-state index is -0.706. The zero-order valence-corrected chi connectivity index (χ0v) is 14.3. The molecule has 0 unspecified atom stereocenters. The molecule has 132 valence electrons. The predicted octanol–water partition coefficient (Wildman–Crippen LogP) is 3.90. The normalized spacial score (nSPS) is 17.1. The molecule has 2 aromatic rings. The molecule has 5 nitrogen and oxygen atoms in total. The van der Waals surface area contributed by atoms with Crippen molar-refractivity contribution in [3.05, 3.63) is 54.6 Å². The van der Waals surface area contributed by atoms with Crippen LogP contribution in [0.15, 0.2) is 59.6 Å². The maximum absolute atomic E-state index is 10.5. The van der Waals surface area contributed by atoms with E-state index in [0.717, 1.165) is 42.9 Å².